The van der Waals surface area contributed by atoms with Gasteiger partial charge in [0.25, 0.3) is 0 Å². The Morgan fingerprint density at radius 1 is 0.833 bits per heavy atom. The summed E-state index contributed by atoms with van der Waals surface area (Å²) in [4.78, 5) is 8.08. The van der Waals surface area contributed by atoms with Crippen LogP contribution in [0.1, 0.15) is 12.0 Å². The molecule has 0 radical (unpaired) electrons. The van der Waals surface area contributed by atoms with Crippen LogP contribution in [-0.4, -0.2) is 31.2 Å². The van der Waals surface area contributed by atoms with E-state index in [2.05, 4.69) is 9.88 Å². The summed E-state index contributed by atoms with van der Waals surface area (Å²) in [6, 6.07) is 8.80. The van der Waals surface area contributed by atoms with Crippen molar-refractivity contribution in [2.45, 2.75) is 12.6 Å². The number of pyridine rings is 1. The van der Waals surface area contributed by atoms with E-state index in [9.17, 15) is 17.6 Å². The lowest BCUT2D eigenvalue weighted by Gasteiger charge is -2.24. The Kier molecular flexibility index (Phi) is 4.59. The molecule has 1 aromatic carbocycles. The third kappa shape index (κ3) is 3.77. The third-order valence-electron chi connectivity index (χ3n) is 4.09. The van der Waals surface area contributed by atoms with Crippen molar-refractivity contribution >= 4 is 11.5 Å². The molecule has 0 N–H and O–H groups in total. The van der Waals surface area contributed by atoms with Gasteiger partial charge in [-0.25, -0.2) is 9.37 Å². The predicted octanol–water partition coefficient (Wildman–Crippen LogP) is 3.96. The van der Waals surface area contributed by atoms with E-state index in [-0.39, 0.29) is 5.82 Å². The molecule has 2 aromatic rings. The highest BCUT2D eigenvalue weighted by atomic mass is 19.4. The monoisotopic (exact) mass is 339 g/mol. The van der Waals surface area contributed by atoms with Crippen LogP contribution < -0.4 is 9.80 Å². The molecule has 0 amide bonds. The fourth-order valence-corrected chi connectivity index (χ4v) is 2.80. The topological polar surface area (TPSA) is 19.4 Å². The fourth-order valence-electron chi connectivity index (χ4n) is 2.80. The first-order valence-electron chi connectivity index (χ1n) is 7.72. The number of anilines is 2. The molecule has 0 aliphatic carbocycles. The number of nitrogens with zero attached hydrogens (tertiary/aromatic N) is 3. The molecule has 1 aliphatic heterocycles. The number of hydrogen-bond donors (Lipinski definition) is 0. The number of benzene rings is 1. The second-order valence-corrected chi connectivity index (χ2v) is 5.71. The van der Waals surface area contributed by atoms with Crippen molar-refractivity contribution in [3.8, 4) is 0 Å². The van der Waals surface area contributed by atoms with Crippen molar-refractivity contribution in [2.75, 3.05) is 36.0 Å². The Balaban J connectivity index is 1.68. The van der Waals surface area contributed by atoms with Crippen LogP contribution in [0.4, 0.5) is 29.1 Å². The Morgan fingerprint density at radius 2 is 1.50 bits per heavy atom. The molecule has 0 unspecified atom stereocenters. The minimum atomic E-state index is -4.37. The van der Waals surface area contributed by atoms with Crippen LogP contribution in [0.2, 0.25) is 0 Å². The SMILES string of the molecule is Fc1ccc(N2CCCN(c3ccc(C(F)(F)F)cn3)CC2)cc1. The quantitative estimate of drug-likeness (QED) is 0.772. The summed E-state index contributed by atoms with van der Waals surface area (Å²) in [5.74, 6) is 0.271. The van der Waals surface area contributed by atoms with E-state index in [1.165, 1.54) is 18.2 Å². The van der Waals surface area contributed by atoms with Crippen LogP contribution in [-0.2, 0) is 6.18 Å². The summed E-state index contributed by atoms with van der Waals surface area (Å²) < 4.78 is 50.8. The van der Waals surface area contributed by atoms with Crippen molar-refractivity contribution in [3.63, 3.8) is 0 Å². The van der Waals surface area contributed by atoms with E-state index in [0.717, 1.165) is 37.5 Å². The summed E-state index contributed by atoms with van der Waals surface area (Å²) >= 11 is 0. The number of halogens is 4. The van der Waals surface area contributed by atoms with Crippen molar-refractivity contribution in [1.29, 1.82) is 0 Å². The van der Waals surface area contributed by atoms with E-state index >= 15 is 0 Å². The molecule has 0 saturated carbocycles. The minimum absolute atomic E-state index is 0.274. The van der Waals surface area contributed by atoms with Gasteiger partial charge in [-0.15, -0.1) is 0 Å². The van der Waals surface area contributed by atoms with Crippen molar-refractivity contribution in [2.24, 2.45) is 0 Å². The average Bonchev–Trinajstić information content (AvgIpc) is 2.81. The highest BCUT2D eigenvalue weighted by Crippen LogP contribution is 2.29. The largest absolute Gasteiger partial charge is 0.417 e. The lowest BCUT2D eigenvalue weighted by molar-refractivity contribution is -0.137. The molecular weight excluding hydrogens is 322 g/mol. The zero-order valence-corrected chi connectivity index (χ0v) is 12.9. The maximum absolute atomic E-state index is 13.0. The number of rotatable bonds is 2. The van der Waals surface area contributed by atoms with Crippen molar-refractivity contribution in [1.82, 2.24) is 4.98 Å². The van der Waals surface area contributed by atoms with Crippen LogP contribution >= 0.6 is 0 Å². The Morgan fingerprint density at radius 3 is 2.12 bits per heavy atom. The zero-order valence-electron chi connectivity index (χ0n) is 12.9. The molecule has 24 heavy (non-hydrogen) atoms. The summed E-state index contributed by atoms with van der Waals surface area (Å²) in [6.07, 6.45) is -2.65. The standard InChI is InChI=1S/C17H17F4N3/c18-14-3-5-15(6-4-14)23-8-1-9-24(11-10-23)16-7-2-13(12-22-16)17(19,20)21/h2-7,12H,1,8-11H2. The molecule has 1 aromatic heterocycles. The van der Waals surface area contributed by atoms with Gasteiger partial charge in [0.15, 0.2) is 0 Å². The van der Waals surface area contributed by atoms with E-state index < -0.39 is 11.7 Å². The van der Waals surface area contributed by atoms with Gasteiger partial charge in [0.2, 0.25) is 0 Å². The maximum Gasteiger partial charge on any atom is 0.417 e. The number of hydrogen-bond acceptors (Lipinski definition) is 3. The number of alkyl halides is 3. The van der Waals surface area contributed by atoms with Crippen LogP contribution in [0, 0.1) is 5.82 Å². The fraction of sp³-hybridized carbons (Fsp3) is 0.353. The predicted molar refractivity (Wildman–Crippen MR) is 84.7 cm³/mol. The first kappa shape index (κ1) is 16.5. The molecule has 0 atom stereocenters. The Bertz CT molecular complexity index is 668. The third-order valence-corrected chi connectivity index (χ3v) is 4.09. The van der Waals surface area contributed by atoms with E-state index in [0.29, 0.717) is 18.9 Å². The molecule has 1 saturated heterocycles. The van der Waals surface area contributed by atoms with Gasteiger partial charge in [0, 0.05) is 38.1 Å². The lowest BCUT2D eigenvalue weighted by Crippen LogP contribution is -2.31. The van der Waals surface area contributed by atoms with E-state index in [1.807, 2.05) is 4.90 Å². The molecule has 3 rings (SSSR count). The summed E-state index contributed by atoms with van der Waals surface area (Å²) in [6.45, 7) is 2.88. The molecule has 0 bridgehead atoms. The smallest absolute Gasteiger partial charge is 0.370 e. The second-order valence-electron chi connectivity index (χ2n) is 5.71. The first-order chi connectivity index (χ1) is 11.4. The van der Waals surface area contributed by atoms with Crippen LogP contribution in [0.3, 0.4) is 0 Å². The summed E-state index contributed by atoms with van der Waals surface area (Å²) in [5, 5.41) is 0. The Labute approximate surface area is 137 Å². The molecule has 1 fully saturated rings. The van der Waals surface area contributed by atoms with Crippen LogP contribution in [0.25, 0.3) is 0 Å². The highest BCUT2D eigenvalue weighted by molar-refractivity contribution is 5.48. The van der Waals surface area contributed by atoms with E-state index in [1.54, 1.807) is 12.1 Å². The summed E-state index contributed by atoms with van der Waals surface area (Å²) in [5.41, 5.74) is 0.202. The average molecular weight is 339 g/mol. The molecular formula is C17H17F4N3. The lowest BCUT2D eigenvalue weighted by atomic mass is 10.2. The van der Waals surface area contributed by atoms with E-state index in [4.69, 9.17) is 0 Å². The summed E-state index contributed by atoms with van der Waals surface area (Å²) in [7, 11) is 0. The molecule has 1 aliphatic rings. The van der Waals surface area contributed by atoms with Gasteiger partial charge < -0.3 is 9.80 Å². The molecule has 128 valence electrons. The van der Waals surface area contributed by atoms with Crippen LogP contribution in [0.15, 0.2) is 42.6 Å². The van der Waals surface area contributed by atoms with Gasteiger partial charge in [-0.1, -0.05) is 0 Å². The maximum atomic E-state index is 13.0. The molecule has 3 nitrogen and oxygen atoms in total. The van der Waals surface area contributed by atoms with Crippen LogP contribution in [0.5, 0.6) is 0 Å². The van der Waals surface area contributed by atoms with Gasteiger partial charge in [0.05, 0.1) is 5.56 Å². The second kappa shape index (κ2) is 6.67. The van der Waals surface area contributed by atoms with Crippen molar-refractivity contribution < 1.29 is 17.6 Å². The number of aromatic nitrogens is 1. The minimum Gasteiger partial charge on any atom is -0.370 e. The first-order valence-corrected chi connectivity index (χ1v) is 7.72. The van der Waals surface area contributed by atoms with Gasteiger partial charge in [0.1, 0.15) is 11.6 Å². The zero-order chi connectivity index (χ0) is 17.2. The Hall–Kier alpha value is -2.31. The molecule has 2 heterocycles. The molecule has 0 spiro atoms. The van der Waals surface area contributed by atoms with Gasteiger partial charge >= 0.3 is 6.18 Å². The highest BCUT2D eigenvalue weighted by Gasteiger charge is 2.31. The van der Waals surface area contributed by atoms with Gasteiger partial charge in [-0.2, -0.15) is 13.2 Å². The normalized spacial score (nSPS) is 16.2. The van der Waals surface area contributed by atoms with Crippen molar-refractivity contribution in [3.05, 3.63) is 54.0 Å². The molecule has 7 heteroatoms. The van der Waals surface area contributed by atoms with Gasteiger partial charge in [-0.05, 0) is 42.8 Å². The van der Waals surface area contributed by atoms with Gasteiger partial charge in [-0.3, -0.25) is 0 Å².